The van der Waals surface area contributed by atoms with E-state index in [4.69, 9.17) is 0 Å². The van der Waals surface area contributed by atoms with Crippen LogP contribution in [0.1, 0.15) is 64.7 Å². The zero-order chi connectivity index (χ0) is 14.4. The van der Waals surface area contributed by atoms with Gasteiger partial charge in [0, 0.05) is 5.92 Å². The average Bonchev–Trinajstić information content (AvgIpc) is 2.93. The summed E-state index contributed by atoms with van der Waals surface area (Å²) in [7, 11) is 0. The summed E-state index contributed by atoms with van der Waals surface area (Å²) in [6.07, 6.45) is 16.3. The Kier molecular flexibility index (Phi) is 3.73. The van der Waals surface area contributed by atoms with Crippen LogP contribution in [-0.4, -0.2) is 11.2 Å². The molecule has 5 aliphatic rings. The lowest BCUT2D eigenvalue weighted by Crippen LogP contribution is -2.41. The first-order valence-corrected chi connectivity index (χ1v) is 9.33. The first-order valence-electron chi connectivity index (χ1n) is 9.33. The van der Waals surface area contributed by atoms with E-state index in [1.54, 1.807) is 5.57 Å². The second-order valence-corrected chi connectivity index (χ2v) is 8.15. The molecule has 4 fully saturated rings. The van der Waals surface area contributed by atoms with E-state index in [9.17, 15) is 5.11 Å². The maximum Gasteiger partial charge on any atom is 0.0640 e. The lowest BCUT2D eigenvalue weighted by atomic mass is 9.53. The fraction of sp³-hybridized carbons (Fsp3) is 0.800. The zero-order valence-electron chi connectivity index (χ0n) is 13.4. The van der Waals surface area contributed by atoms with Crippen molar-refractivity contribution >= 4 is 0 Å². The second kappa shape index (κ2) is 5.57. The summed E-state index contributed by atoms with van der Waals surface area (Å²) < 4.78 is 0. The Balaban J connectivity index is 1.59. The minimum Gasteiger partial charge on any atom is -0.392 e. The predicted octanol–water partition coefficient (Wildman–Crippen LogP) is 4.87. The molecule has 1 nitrogen and oxygen atoms in total. The van der Waals surface area contributed by atoms with Crippen LogP contribution in [0, 0.1) is 29.6 Å². The number of allylic oxidation sites excluding steroid dienone is 2. The summed E-state index contributed by atoms with van der Waals surface area (Å²) in [5.41, 5.74) is 3.47. The molecule has 1 N–H and O–H groups in total. The van der Waals surface area contributed by atoms with E-state index in [2.05, 4.69) is 19.1 Å². The molecule has 0 unspecified atom stereocenters. The van der Waals surface area contributed by atoms with Crippen molar-refractivity contribution < 1.29 is 5.11 Å². The normalized spacial score (nSPS) is 42.1. The van der Waals surface area contributed by atoms with Crippen molar-refractivity contribution in [3.8, 4) is 0 Å². The Labute approximate surface area is 129 Å². The molecule has 2 atom stereocenters. The summed E-state index contributed by atoms with van der Waals surface area (Å²) in [6, 6.07) is 0. The molecular weight excluding hydrogens is 256 g/mol. The van der Waals surface area contributed by atoms with E-state index in [0.29, 0.717) is 5.92 Å². The van der Waals surface area contributed by atoms with Gasteiger partial charge in [-0.2, -0.15) is 0 Å². The quantitative estimate of drug-likeness (QED) is 0.731. The van der Waals surface area contributed by atoms with Crippen LogP contribution >= 0.6 is 0 Å². The minimum absolute atomic E-state index is 0.136. The van der Waals surface area contributed by atoms with Gasteiger partial charge in [0.25, 0.3) is 0 Å². The molecule has 1 heteroatoms. The van der Waals surface area contributed by atoms with E-state index in [1.807, 2.05) is 5.57 Å². The third kappa shape index (κ3) is 2.42. The molecule has 21 heavy (non-hydrogen) atoms. The summed E-state index contributed by atoms with van der Waals surface area (Å²) in [6.45, 7) is 2.22. The van der Waals surface area contributed by atoms with Gasteiger partial charge in [-0.05, 0) is 68.6 Å². The zero-order valence-corrected chi connectivity index (χ0v) is 13.4. The number of rotatable bonds is 4. The van der Waals surface area contributed by atoms with Crippen molar-refractivity contribution in [2.75, 3.05) is 0 Å². The molecule has 0 amide bonds. The van der Waals surface area contributed by atoms with Crippen LogP contribution in [0.5, 0.6) is 0 Å². The van der Waals surface area contributed by atoms with Gasteiger partial charge in [-0.15, -0.1) is 0 Å². The van der Waals surface area contributed by atoms with Crippen molar-refractivity contribution in [2.45, 2.75) is 70.8 Å². The standard InChI is InChI=1S/C20H30O/c1-2-3-7-19(21)17-5-4-6-18(17)20-15-9-13-8-14(11-15)12-16(20)10-13/h4-5,13-17,19,21H,2-3,6-12H2,1H3/t13?,14?,15?,16?,17-,19+/m0/s1. The smallest absolute Gasteiger partial charge is 0.0640 e. The third-order valence-electron chi connectivity index (χ3n) is 6.74. The van der Waals surface area contributed by atoms with Gasteiger partial charge in [-0.1, -0.05) is 43.1 Å². The van der Waals surface area contributed by atoms with Gasteiger partial charge in [-0.25, -0.2) is 0 Å². The largest absolute Gasteiger partial charge is 0.392 e. The average molecular weight is 286 g/mol. The van der Waals surface area contributed by atoms with E-state index in [-0.39, 0.29) is 6.10 Å². The fourth-order valence-electron chi connectivity index (χ4n) is 6.07. The molecule has 4 saturated carbocycles. The van der Waals surface area contributed by atoms with Crippen LogP contribution in [0.4, 0.5) is 0 Å². The molecule has 0 heterocycles. The van der Waals surface area contributed by atoms with Crippen LogP contribution in [0.2, 0.25) is 0 Å². The Morgan fingerprint density at radius 2 is 1.76 bits per heavy atom. The molecule has 0 aromatic rings. The first-order chi connectivity index (χ1) is 10.3. The highest BCUT2D eigenvalue weighted by atomic mass is 16.3. The number of hydrogen-bond acceptors (Lipinski definition) is 1. The Bertz CT molecular complexity index is 428. The van der Waals surface area contributed by atoms with Crippen molar-refractivity contribution in [1.29, 1.82) is 0 Å². The number of aliphatic hydroxyl groups excluding tert-OH is 1. The number of aliphatic hydroxyl groups is 1. The molecule has 116 valence electrons. The molecule has 5 rings (SSSR count). The first kappa shape index (κ1) is 14.1. The van der Waals surface area contributed by atoms with Gasteiger partial charge in [0.15, 0.2) is 0 Å². The highest BCUT2D eigenvalue weighted by Gasteiger charge is 2.46. The highest BCUT2D eigenvalue weighted by Crippen LogP contribution is 2.58. The molecule has 4 bridgehead atoms. The lowest BCUT2D eigenvalue weighted by Gasteiger charge is -2.52. The maximum atomic E-state index is 10.6. The predicted molar refractivity (Wildman–Crippen MR) is 86.8 cm³/mol. The van der Waals surface area contributed by atoms with E-state index < -0.39 is 0 Å². The Hall–Kier alpha value is -0.560. The summed E-state index contributed by atoms with van der Waals surface area (Å²) in [4.78, 5) is 0. The van der Waals surface area contributed by atoms with Gasteiger partial charge in [0.1, 0.15) is 0 Å². The molecule has 0 spiro atoms. The summed E-state index contributed by atoms with van der Waals surface area (Å²) in [5.74, 6) is 4.20. The van der Waals surface area contributed by atoms with Crippen molar-refractivity contribution in [3.63, 3.8) is 0 Å². The van der Waals surface area contributed by atoms with Gasteiger partial charge in [-0.3, -0.25) is 0 Å². The van der Waals surface area contributed by atoms with Crippen molar-refractivity contribution in [2.24, 2.45) is 29.6 Å². The van der Waals surface area contributed by atoms with Crippen LogP contribution in [0.3, 0.4) is 0 Å². The fourth-order valence-corrected chi connectivity index (χ4v) is 6.07. The van der Waals surface area contributed by atoms with E-state index >= 15 is 0 Å². The van der Waals surface area contributed by atoms with Gasteiger partial charge < -0.3 is 5.11 Å². The topological polar surface area (TPSA) is 20.2 Å². The number of hydrogen-bond donors (Lipinski definition) is 1. The van der Waals surface area contributed by atoms with Crippen molar-refractivity contribution in [3.05, 3.63) is 23.3 Å². The molecule has 5 aliphatic carbocycles. The van der Waals surface area contributed by atoms with E-state index in [0.717, 1.165) is 42.9 Å². The summed E-state index contributed by atoms with van der Waals surface area (Å²) in [5, 5.41) is 10.6. The van der Waals surface area contributed by atoms with Crippen LogP contribution < -0.4 is 0 Å². The molecular formula is C20H30O. The second-order valence-electron chi connectivity index (χ2n) is 8.15. The van der Waals surface area contributed by atoms with Crippen LogP contribution in [0.25, 0.3) is 0 Å². The van der Waals surface area contributed by atoms with Gasteiger partial charge >= 0.3 is 0 Å². The molecule has 0 aromatic carbocycles. The van der Waals surface area contributed by atoms with Crippen molar-refractivity contribution in [1.82, 2.24) is 0 Å². The van der Waals surface area contributed by atoms with Gasteiger partial charge in [0.05, 0.1) is 6.10 Å². The Morgan fingerprint density at radius 1 is 1.10 bits per heavy atom. The minimum atomic E-state index is -0.136. The Morgan fingerprint density at radius 3 is 2.38 bits per heavy atom. The van der Waals surface area contributed by atoms with Crippen LogP contribution in [0.15, 0.2) is 23.3 Å². The SMILES string of the molecule is CCCC[C@@H](O)[C@H]1C=CCC1=C1C2CC3CC(C2)CC1C3. The third-order valence-corrected chi connectivity index (χ3v) is 6.74. The monoisotopic (exact) mass is 286 g/mol. The lowest BCUT2D eigenvalue weighted by molar-refractivity contribution is 0.0652. The van der Waals surface area contributed by atoms with Gasteiger partial charge in [0.2, 0.25) is 0 Å². The van der Waals surface area contributed by atoms with Crippen LogP contribution in [-0.2, 0) is 0 Å². The molecule has 0 radical (unpaired) electrons. The highest BCUT2D eigenvalue weighted by molar-refractivity contribution is 5.35. The molecule has 0 aromatic heterocycles. The molecule has 0 aliphatic heterocycles. The maximum absolute atomic E-state index is 10.6. The summed E-state index contributed by atoms with van der Waals surface area (Å²) >= 11 is 0. The number of unbranched alkanes of at least 4 members (excludes halogenated alkanes) is 1. The molecule has 0 saturated heterocycles. The van der Waals surface area contributed by atoms with E-state index in [1.165, 1.54) is 38.5 Å².